The Bertz CT molecular complexity index is 2180. The van der Waals surface area contributed by atoms with E-state index in [4.69, 9.17) is 23.2 Å². The molecule has 6 rings (SSSR count). The lowest BCUT2D eigenvalue weighted by atomic mass is 9.97. The molecule has 1 atom stereocenters. The van der Waals surface area contributed by atoms with Gasteiger partial charge in [-0.25, -0.2) is 9.03 Å². The van der Waals surface area contributed by atoms with E-state index in [0.717, 1.165) is 33.4 Å². The van der Waals surface area contributed by atoms with Crippen molar-refractivity contribution in [2.75, 3.05) is 0 Å². The van der Waals surface area contributed by atoms with Crippen molar-refractivity contribution in [1.29, 1.82) is 0 Å². The van der Waals surface area contributed by atoms with Gasteiger partial charge in [0.1, 0.15) is 29.5 Å². The average molecular weight is 643 g/mol. The summed E-state index contributed by atoms with van der Waals surface area (Å²) in [6, 6.07) is 14.9. The Morgan fingerprint density at radius 1 is 0.818 bits per heavy atom. The predicted molar refractivity (Wildman–Crippen MR) is 174 cm³/mol. The number of carbonyl (C=O) groups excluding carboxylic acids is 1. The second kappa shape index (κ2) is 12.0. The Balaban J connectivity index is 1.36. The first-order chi connectivity index (χ1) is 21.2. The molecule has 0 N–H and O–H groups in total. The molecule has 0 fully saturated rings. The van der Waals surface area contributed by atoms with Crippen LogP contribution in [0, 0.1) is 5.92 Å². The van der Waals surface area contributed by atoms with Gasteiger partial charge in [0.15, 0.2) is 0 Å². The smallest absolute Gasteiger partial charge is 0.277 e. The number of hydrogen-bond donors (Lipinski definition) is 0. The van der Waals surface area contributed by atoms with Gasteiger partial charge in [0.05, 0.1) is 20.3 Å². The van der Waals surface area contributed by atoms with Crippen LogP contribution in [-0.4, -0.2) is 44.4 Å². The summed E-state index contributed by atoms with van der Waals surface area (Å²) >= 11 is 14.0. The maximum Gasteiger partial charge on any atom is 0.277 e. The largest absolute Gasteiger partial charge is 0.300 e. The van der Waals surface area contributed by atoms with Crippen LogP contribution in [0.25, 0.3) is 44.4 Å². The number of fused-ring (bicyclic) bond motifs is 2. The van der Waals surface area contributed by atoms with E-state index in [-0.39, 0.29) is 22.8 Å². The van der Waals surface area contributed by atoms with E-state index in [1.807, 2.05) is 43.3 Å². The van der Waals surface area contributed by atoms with Crippen LogP contribution in [0.2, 0.25) is 10.0 Å². The van der Waals surface area contributed by atoms with Crippen molar-refractivity contribution in [3.63, 3.8) is 0 Å². The van der Waals surface area contributed by atoms with Crippen LogP contribution in [0.3, 0.4) is 0 Å². The molecular weight excluding hydrogens is 615 g/mol. The fourth-order valence-electron chi connectivity index (χ4n) is 5.39. The van der Waals surface area contributed by atoms with Crippen LogP contribution in [0.4, 0.5) is 0 Å². The highest BCUT2D eigenvalue weighted by Gasteiger charge is 2.19. The Labute approximate surface area is 265 Å². The summed E-state index contributed by atoms with van der Waals surface area (Å²) in [5.74, 6) is 0.286. The van der Waals surface area contributed by atoms with E-state index in [1.165, 1.54) is 17.2 Å². The number of rotatable bonds is 9. The number of benzene rings is 2. The molecule has 4 aromatic heterocycles. The normalized spacial score (nSPS) is 12.3. The van der Waals surface area contributed by atoms with Crippen molar-refractivity contribution >= 4 is 50.3 Å². The van der Waals surface area contributed by atoms with Crippen molar-refractivity contribution in [2.45, 2.75) is 39.4 Å². The molecule has 0 unspecified atom stereocenters. The van der Waals surface area contributed by atoms with Gasteiger partial charge in [-0.1, -0.05) is 66.5 Å². The summed E-state index contributed by atoms with van der Waals surface area (Å²) in [5, 5.41) is 9.74. The molecule has 0 bridgehead atoms. The number of aromatic nitrogens is 6. The van der Waals surface area contributed by atoms with Gasteiger partial charge in [-0.05, 0) is 31.4 Å². The second-order valence-electron chi connectivity index (χ2n) is 10.9. The van der Waals surface area contributed by atoms with E-state index in [2.05, 4.69) is 20.4 Å². The van der Waals surface area contributed by atoms with E-state index < -0.39 is 0 Å². The Morgan fingerprint density at radius 2 is 1.30 bits per heavy atom. The van der Waals surface area contributed by atoms with E-state index >= 15 is 0 Å². The number of halogens is 2. The monoisotopic (exact) mass is 641 g/mol. The Morgan fingerprint density at radius 3 is 1.80 bits per heavy atom. The average Bonchev–Trinajstić information content (AvgIpc) is 3.64. The van der Waals surface area contributed by atoms with E-state index in [1.54, 1.807) is 45.0 Å². The molecule has 12 heteroatoms. The summed E-state index contributed by atoms with van der Waals surface area (Å²) in [6.45, 7) is 4.07. The van der Waals surface area contributed by atoms with Crippen LogP contribution in [0.5, 0.6) is 0 Å². The topological polar surface area (TPSA) is 95.7 Å². The zero-order valence-corrected chi connectivity index (χ0v) is 26.5. The third-order valence-electron chi connectivity index (χ3n) is 7.77. The van der Waals surface area contributed by atoms with Crippen molar-refractivity contribution in [1.82, 2.24) is 28.4 Å². The molecule has 0 aliphatic rings. The number of hydrogen-bond acceptors (Lipinski definition) is 5. The zero-order chi connectivity index (χ0) is 31.1. The third-order valence-corrected chi connectivity index (χ3v) is 8.92. The number of nitrogens with zero attached hydrogens (tertiary/aromatic N) is 6. The fourth-order valence-corrected chi connectivity index (χ4v) is 6.29. The standard InChI is InChI=1S/C32H27Cl2N6O3Si/c1-19(9-10-20(2)41)13-37-16-35-39-14-21(11-27(39)31(37)42)23-5-3-7-25(29(23)33)26-8-4-6-24(30(26)34)22-12-28-32(43)38(18-44)17-36-40(28)15-22/h3-8,11-12,14-17,19H,9-10,13,18H2,1-2H3/t19-/m0/s1. The van der Waals surface area contributed by atoms with Crippen molar-refractivity contribution < 1.29 is 4.79 Å². The van der Waals surface area contributed by atoms with Crippen LogP contribution < -0.4 is 11.1 Å². The molecule has 0 aliphatic heterocycles. The first-order valence-electron chi connectivity index (χ1n) is 14.0. The van der Waals surface area contributed by atoms with Gasteiger partial charge >= 0.3 is 0 Å². The molecule has 4 heterocycles. The Hall–Kier alpha value is -4.25. The van der Waals surface area contributed by atoms with Crippen molar-refractivity contribution in [2.24, 2.45) is 5.92 Å². The molecule has 9 nitrogen and oxygen atoms in total. The third kappa shape index (κ3) is 5.45. The predicted octanol–water partition coefficient (Wildman–Crippen LogP) is 5.74. The molecule has 0 saturated carbocycles. The minimum atomic E-state index is -0.173. The summed E-state index contributed by atoms with van der Waals surface area (Å²) in [5.41, 5.74) is 4.91. The lowest BCUT2D eigenvalue weighted by Gasteiger charge is -2.13. The molecule has 6 aromatic rings. The highest BCUT2D eigenvalue weighted by Crippen LogP contribution is 2.42. The molecule has 44 heavy (non-hydrogen) atoms. The highest BCUT2D eigenvalue weighted by molar-refractivity contribution is 6.39. The van der Waals surface area contributed by atoms with Gasteiger partial charge in [0.2, 0.25) is 0 Å². The van der Waals surface area contributed by atoms with Crippen LogP contribution >= 0.6 is 23.2 Å². The van der Waals surface area contributed by atoms with Gasteiger partial charge in [-0.2, -0.15) is 10.2 Å². The fraction of sp³-hybridized carbons (Fsp3) is 0.219. The summed E-state index contributed by atoms with van der Waals surface area (Å²) < 4.78 is 6.15. The molecule has 221 valence electrons. The van der Waals surface area contributed by atoms with Gasteiger partial charge in [0, 0.05) is 64.9 Å². The van der Waals surface area contributed by atoms with Gasteiger partial charge in [0.25, 0.3) is 11.1 Å². The molecule has 0 amide bonds. The van der Waals surface area contributed by atoms with E-state index in [0.29, 0.717) is 46.6 Å². The van der Waals surface area contributed by atoms with Crippen LogP contribution in [0.1, 0.15) is 26.7 Å². The number of Topliss-reactive ketones (excluding diaryl/α,β-unsaturated/α-hetero) is 1. The van der Waals surface area contributed by atoms with Crippen LogP contribution in [0.15, 0.2) is 83.2 Å². The zero-order valence-electron chi connectivity index (χ0n) is 24.0. The van der Waals surface area contributed by atoms with Gasteiger partial charge in [-0.3, -0.25) is 18.7 Å². The number of ketones is 1. The summed E-state index contributed by atoms with van der Waals surface area (Å²) in [7, 11) is 3.36. The second-order valence-corrected chi connectivity index (χ2v) is 12.0. The van der Waals surface area contributed by atoms with Crippen molar-refractivity contribution in [3.8, 4) is 33.4 Å². The Kier molecular flexibility index (Phi) is 8.15. The molecular formula is C32H27Cl2N6O3Si. The maximum atomic E-state index is 13.3. The van der Waals surface area contributed by atoms with Gasteiger partial charge in [-0.15, -0.1) is 0 Å². The minimum absolute atomic E-state index is 0.137. The summed E-state index contributed by atoms with van der Waals surface area (Å²) in [6.07, 6.45) is 8.09. The number of carbonyl (C=O) groups is 1. The van der Waals surface area contributed by atoms with Crippen LogP contribution in [-0.2, 0) is 17.5 Å². The SMILES string of the molecule is CC(=O)CC[C@H](C)Cn1cnn2cc(-c3cccc(-c4cccc(-c5cc6c(=O)n(C[Si])cnn6c5)c4Cl)c3Cl)cc2c1=O. The maximum absolute atomic E-state index is 13.3. The first-order valence-corrected chi connectivity index (χ1v) is 15.5. The minimum Gasteiger partial charge on any atom is -0.300 e. The highest BCUT2D eigenvalue weighted by atomic mass is 35.5. The van der Waals surface area contributed by atoms with Gasteiger partial charge < -0.3 is 4.79 Å². The quantitative estimate of drug-likeness (QED) is 0.188. The molecule has 2 aromatic carbocycles. The lowest BCUT2D eigenvalue weighted by molar-refractivity contribution is -0.117. The van der Waals surface area contributed by atoms with Crippen molar-refractivity contribution in [3.05, 3.63) is 104 Å². The molecule has 3 radical (unpaired) electrons. The lowest BCUT2D eigenvalue weighted by Crippen LogP contribution is -2.25. The molecule has 0 saturated heterocycles. The first kappa shape index (κ1) is 29.8. The molecule has 0 aliphatic carbocycles. The summed E-state index contributed by atoms with van der Waals surface area (Å²) in [4.78, 5) is 37.5. The van der Waals surface area contributed by atoms with E-state index in [9.17, 15) is 14.4 Å². The molecule has 0 spiro atoms.